The molecular weight excluding hydrogens is 372 g/mol. The Kier molecular flexibility index (Phi) is 6.30. The van der Waals surface area contributed by atoms with Crippen LogP contribution in [0.2, 0.25) is 0 Å². The molecule has 2 heterocycles. The minimum atomic E-state index is 0.0498. The first kappa shape index (κ1) is 19.6. The van der Waals surface area contributed by atoms with Crippen LogP contribution in [0.3, 0.4) is 0 Å². The fourth-order valence-electron chi connectivity index (χ4n) is 3.46. The molecule has 4 rings (SSSR count). The van der Waals surface area contributed by atoms with Gasteiger partial charge < -0.3 is 4.90 Å². The molecule has 150 valence electrons. The second-order valence-corrected chi connectivity index (χ2v) is 7.15. The number of amides is 1. The first-order valence-electron chi connectivity index (χ1n) is 10.1. The van der Waals surface area contributed by atoms with Crippen LogP contribution >= 0.6 is 0 Å². The van der Waals surface area contributed by atoms with Gasteiger partial charge in [0.15, 0.2) is 0 Å². The van der Waals surface area contributed by atoms with Crippen LogP contribution in [-0.4, -0.2) is 32.1 Å². The maximum absolute atomic E-state index is 13.3. The molecule has 0 unspecified atom stereocenters. The second-order valence-electron chi connectivity index (χ2n) is 7.15. The standard InChI is InChI=1S/C25H24N4O/c30-25(20-29-24(13-17-27-29)23-11-15-26-16-12-23)28(19-22-9-5-2-6-10-22)18-14-21-7-3-1-4-8-21/h1-13,15-17H,14,18-20H2. The van der Waals surface area contributed by atoms with E-state index in [0.717, 1.165) is 23.2 Å². The molecule has 2 aromatic heterocycles. The predicted octanol–water partition coefficient (Wildman–Crippen LogP) is 4.22. The Labute approximate surface area is 176 Å². The highest BCUT2D eigenvalue weighted by atomic mass is 16.2. The number of carbonyl (C=O) groups excluding carboxylic acids is 1. The maximum Gasteiger partial charge on any atom is 0.244 e. The average molecular weight is 396 g/mol. The van der Waals surface area contributed by atoms with Crippen LogP contribution in [-0.2, 0) is 24.3 Å². The predicted molar refractivity (Wildman–Crippen MR) is 117 cm³/mol. The first-order chi connectivity index (χ1) is 14.8. The van der Waals surface area contributed by atoms with E-state index in [-0.39, 0.29) is 12.5 Å². The minimum Gasteiger partial charge on any atom is -0.336 e. The van der Waals surface area contributed by atoms with Crippen molar-refractivity contribution in [3.8, 4) is 11.3 Å². The Bertz CT molecular complexity index is 1060. The SMILES string of the molecule is O=C(Cn1nccc1-c1ccncc1)N(CCc1ccccc1)Cc1ccccc1. The zero-order valence-corrected chi connectivity index (χ0v) is 16.8. The van der Waals surface area contributed by atoms with Crippen molar-refractivity contribution in [2.24, 2.45) is 0 Å². The van der Waals surface area contributed by atoms with Gasteiger partial charge in [-0.2, -0.15) is 5.10 Å². The van der Waals surface area contributed by atoms with Crippen molar-refractivity contribution in [2.45, 2.75) is 19.5 Å². The summed E-state index contributed by atoms with van der Waals surface area (Å²) < 4.78 is 1.76. The Hall–Kier alpha value is -3.73. The Morgan fingerprint density at radius 2 is 1.47 bits per heavy atom. The van der Waals surface area contributed by atoms with E-state index < -0.39 is 0 Å². The quantitative estimate of drug-likeness (QED) is 0.448. The van der Waals surface area contributed by atoms with Crippen LogP contribution in [0.5, 0.6) is 0 Å². The fourth-order valence-corrected chi connectivity index (χ4v) is 3.46. The fraction of sp³-hybridized carbons (Fsp3) is 0.160. The van der Waals surface area contributed by atoms with Gasteiger partial charge in [-0.05, 0) is 35.7 Å². The van der Waals surface area contributed by atoms with Gasteiger partial charge >= 0.3 is 0 Å². The molecule has 0 saturated heterocycles. The van der Waals surface area contributed by atoms with Crippen molar-refractivity contribution >= 4 is 5.91 Å². The number of carbonyl (C=O) groups is 1. The molecule has 0 spiro atoms. The number of nitrogens with zero attached hydrogens (tertiary/aromatic N) is 4. The molecule has 0 aliphatic rings. The topological polar surface area (TPSA) is 51.0 Å². The molecule has 0 atom stereocenters. The highest BCUT2D eigenvalue weighted by molar-refractivity contribution is 5.77. The van der Waals surface area contributed by atoms with Crippen LogP contribution < -0.4 is 0 Å². The van der Waals surface area contributed by atoms with Gasteiger partial charge in [-0.3, -0.25) is 14.5 Å². The van der Waals surface area contributed by atoms with Crippen LogP contribution in [0.25, 0.3) is 11.3 Å². The highest BCUT2D eigenvalue weighted by Crippen LogP contribution is 2.18. The van der Waals surface area contributed by atoms with Crippen molar-refractivity contribution in [2.75, 3.05) is 6.54 Å². The molecule has 0 bridgehead atoms. The molecule has 0 N–H and O–H groups in total. The largest absolute Gasteiger partial charge is 0.336 e. The molecule has 4 aromatic rings. The third-order valence-corrected chi connectivity index (χ3v) is 5.06. The van der Waals surface area contributed by atoms with Gasteiger partial charge in [0.25, 0.3) is 0 Å². The summed E-state index contributed by atoms with van der Waals surface area (Å²) >= 11 is 0. The highest BCUT2D eigenvalue weighted by Gasteiger charge is 2.17. The summed E-state index contributed by atoms with van der Waals surface area (Å²) in [4.78, 5) is 19.3. The number of rotatable bonds is 8. The molecule has 1 amide bonds. The van der Waals surface area contributed by atoms with Crippen LogP contribution in [0.1, 0.15) is 11.1 Å². The molecule has 5 nitrogen and oxygen atoms in total. The molecule has 0 radical (unpaired) electrons. The van der Waals surface area contributed by atoms with E-state index in [1.54, 1.807) is 23.3 Å². The Morgan fingerprint density at radius 3 is 2.17 bits per heavy atom. The minimum absolute atomic E-state index is 0.0498. The summed E-state index contributed by atoms with van der Waals surface area (Å²) in [6.07, 6.45) is 6.04. The molecule has 0 aliphatic carbocycles. The van der Waals surface area contributed by atoms with Crippen molar-refractivity contribution in [1.29, 1.82) is 0 Å². The average Bonchev–Trinajstić information content (AvgIpc) is 3.26. The molecular formula is C25H24N4O. The van der Waals surface area contributed by atoms with Crippen molar-refractivity contribution < 1.29 is 4.79 Å². The number of pyridine rings is 1. The van der Waals surface area contributed by atoms with Gasteiger partial charge in [-0.25, -0.2) is 0 Å². The number of benzene rings is 2. The summed E-state index contributed by atoms with van der Waals surface area (Å²) in [5, 5.41) is 4.39. The Morgan fingerprint density at radius 1 is 0.800 bits per heavy atom. The molecule has 0 aliphatic heterocycles. The lowest BCUT2D eigenvalue weighted by atomic mass is 10.1. The third kappa shape index (κ3) is 5.00. The Balaban J connectivity index is 1.51. The summed E-state index contributed by atoms with van der Waals surface area (Å²) in [6.45, 7) is 1.44. The number of hydrogen-bond acceptors (Lipinski definition) is 3. The molecule has 30 heavy (non-hydrogen) atoms. The molecule has 5 heteroatoms. The third-order valence-electron chi connectivity index (χ3n) is 5.06. The van der Waals surface area contributed by atoms with E-state index in [1.807, 2.05) is 59.5 Å². The van der Waals surface area contributed by atoms with E-state index >= 15 is 0 Å². The number of aromatic nitrogens is 3. The lowest BCUT2D eigenvalue weighted by Gasteiger charge is -2.23. The molecule has 0 fully saturated rings. The lowest BCUT2D eigenvalue weighted by molar-refractivity contribution is -0.132. The van der Waals surface area contributed by atoms with E-state index in [2.05, 4.69) is 34.3 Å². The monoisotopic (exact) mass is 396 g/mol. The molecule has 0 saturated carbocycles. The van der Waals surface area contributed by atoms with Crippen LogP contribution in [0.4, 0.5) is 0 Å². The van der Waals surface area contributed by atoms with Crippen molar-refractivity contribution in [1.82, 2.24) is 19.7 Å². The lowest BCUT2D eigenvalue weighted by Crippen LogP contribution is -2.35. The van der Waals surface area contributed by atoms with Gasteiger partial charge in [-0.1, -0.05) is 60.7 Å². The van der Waals surface area contributed by atoms with Crippen molar-refractivity contribution in [3.63, 3.8) is 0 Å². The maximum atomic E-state index is 13.3. The van der Waals surface area contributed by atoms with Crippen LogP contribution in [0.15, 0.2) is 97.5 Å². The first-order valence-corrected chi connectivity index (χ1v) is 10.1. The van der Waals surface area contributed by atoms with E-state index in [9.17, 15) is 4.79 Å². The van der Waals surface area contributed by atoms with Gasteiger partial charge in [0.2, 0.25) is 5.91 Å². The van der Waals surface area contributed by atoms with Crippen molar-refractivity contribution in [3.05, 3.63) is 109 Å². The van der Waals surface area contributed by atoms with Gasteiger partial charge in [0.1, 0.15) is 6.54 Å². The zero-order valence-electron chi connectivity index (χ0n) is 16.8. The van der Waals surface area contributed by atoms with E-state index in [0.29, 0.717) is 13.1 Å². The van der Waals surface area contributed by atoms with Gasteiger partial charge in [0.05, 0.1) is 5.69 Å². The summed E-state index contributed by atoms with van der Waals surface area (Å²) in [5.74, 6) is 0.0498. The number of hydrogen-bond donors (Lipinski definition) is 0. The normalized spacial score (nSPS) is 10.7. The van der Waals surface area contributed by atoms with E-state index in [4.69, 9.17) is 0 Å². The molecule has 2 aromatic carbocycles. The smallest absolute Gasteiger partial charge is 0.244 e. The second kappa shape index (κ2) is 9.65. The zero-order chi connectivity index (χ0) is 20.6. The van der Waals surface area contributed by atoms with Crippen LogP contribution in [0, 0.1) is 0 Å². The summed E-state index contributed by atoms with van der Waals surface area (Å²) in [6, 6.07) is 26.2. The summed E-state index contributed by atoms with van der Waals surface area (Å²) in [7, 11) is 0. The van der Waals surface area contributed by atoms with E-state index in [1.165, 1.54) is 5.56 Å². The van der Waals surface area contributed by atoms with Gasteiger partial charge in [0, 0.05) is 37.2 Å². The van der Waals surface area contributed by atoms with Gasteiger partial charge in [-0.15, -0.1) is 0 Å². The summed E-state index contributed by atoms with van der Waals surface area (Å²) in [5.41, 5.74) is 4.25.